The van der Waals surface area contributed by atoms with Crippen molar-refractivity contribution in [1.82, 2.24) is 0 Å². The predicted molar refractivity (Wildman–Crippen MR) is 92.5 cm³/mol. The molecule has 0 bridgehead atoms. The molecule has 0 aromatic heterocycles. The number of hydrogen-bond acceptors (Lipinski definition) is 6. The molecule has 2 aromatic carbocycles. The van der Waals surface area contributed by atoms with Crippen molar-refractivity contribution in [3.8, 4) is 5.75 Å². The first-order valence-electron chi connectivity index (χ1n) is 7.21. The zero-order valence-corrected chi connectivity index (χ0v) is 14.5. The van der Waals surface area contributed by atoms with Gasteiger partial charge in [0.05, 0.1) is 18.9 Å². The van der Waals surface area contributed by atoms with E-state index < -0.39 is 28.4 Å². The van der Waals surface area contributed by atoms with Crippen molar-refractivity contribution in [2.45, 2.75) is 0 Å². The number of hydrogen-bond donors (Lipinski definition) is 1. The van der Waals surface area contributed by atoms with Crippen molar-refractivity contribution in [3.63, 3.8) is 0 Å². The zero-order chi connectivity index (χ0) is 18.4. The number of ketones is 1. The van der Waals surface area contributed by atoms with Gasteiger partial charge in [0.15, 0.2) is 12.4 Å². The number of Topliss-reactive ketones (excluding diaryl/α,β-unsaturated/α-hetero) is 1. The van der Waals surface area contributed by atoms with Gasteiger partial charge in [-0.2, -0.15) is 0 Å². The Morgan fingerprint density at radius 3 is 2.32 bits per heavy atom. The Labute approximate surface area is 145 Å². The topological polar surface area (TPSA) is 98.8 Å². The van der Waals surface area contributed by atoms with Gasteiger partial charge < -0.3 is 9.47 Å². The molecule has 25 heavy (non-hydrogen) atoms. The third-order valence-corrected chi connectivity index (χ3v) is 3.76. The van der Waals surface area contributed by atoms with E-state index >= 15 is 0 Å². The molecule has 0 atom stereocenters. The van der Waals surface area contributed by atoms with Crippen LogP contribution >= 0.6 is 0 Å². The van der Waals surface area contributed by atoms with E-state index in [9.17, 15) is 18.0 Å². The van der Waals surface area contributed by atoms with E-state index in [0.717, 1.165) is 6.26 Å². The SMILES string of the molecule is COc1cccc(C(=O)OCC(=O)c2ccc(NS(C)(=O)=O)cc2)c1. The van der Waals surface area contributed by atoms with Crippen LogP contribution in [0, 0.1) is 0 Å². The molecular weight excluding hydrogens is 346 g/mol. The molecule has 2 rings (SSSR count). The number of rotatable bonds is 7. The molecule has 132 valence electrons. The summed E-state index contributed by atoms with van der Waals surface area (Å²) in [4.78, 5) is 24.0. The quantitative estimate of drug-likeness (QED) is 0.597. The fraction of sp³-hybridized carbons (Fsp3) is 0.176. The highest BCUT2D eigenvalue weighted by Crippen LogP contribution is 2.14. The van der Waals surface area contributed by atoms with Crippen LogP contribution in [-0.4, -0.2) is 40.1 Å². The van der Waals surface area contributed by atoms with Crippen LogP contribution in [0.3, 0.4) is 0 Å². The predicted octanol–water partition coefficient (Wildman–Crippen LogP) is 2.11. The molecule has 7 nitrogen and oxygen atoms in total. The van der Waals surface area contributed by atoms with Crippen molar-refractivity contribution in [3.05, 3.63) is 59.7 Å². The van der Waals surface area contributed by atoms with E-state index in [4.69, 9.17) is 9.47 Å². The molecule has 0 heterocycles. The molecule has 8 heteroatoms. The molecule has 0 radical (unpaired) electrons. The number of benzene rings is 2. The Morgan fingerprint density at radius 1 is 1.04 bits per heavy atom. The van der Waals surface area contributed by atoms with E-state index in [1.165, 1.54) is 37.4 Å². The van der Waals surface area contributed by atoms with Crippen LogP contribution in [0.1, 0.15) is 20.7 Å². The summed E-state index contributed by atoms with van der Waals surface area (Å²) in [6.45, 7) is -0.422. The summed E-state index contributed by atoms with van der Waals surface area (Å²) < 4.78 is 34.6. The maximum absolute atomic E-state index is 12.1. The lowest BCUT2D eigenvalue weighted by atomic mass is 10.1. The Morgan fingerprint density at radius 2 is 1.72 bits per heavy atom. The first kappa shape index (κ1) is 18.5. The molecular formula is C17H17NO6S. The van der Waals surface area contributed by atoms with Gasteiger partial charge in [0, 0.05) is 11.3 Å². The average Bonchev–Trinajstić information content (AvgIpc) is 2.58. The molecule has 0 aliphatic rings. The van der Waals surface area contributed by atoms with E-state index in [2.05, 4.69) is 4.72 Å². The van der Waals surface area contributed by atoms with Crippen molar-refractivity contribution in [2.24, 2.45) is 0 Å². The van der Waals surface area contributed by atoms with Gasteiger partial charge in [0.2, 0.25) is 10.0 Å². The number of sulfonamides is 1. The van der Waals surface area contributed by atoms with Gasteiger partial charge in [-0.15, -0.1) is 0 Å². The van der Waals surface area contributed by atoms with Crippen LogP contribution in [0.5, 0.6) is 5.75 Å². The summed E-state index contributed by atoms with van der Waals surface area (Å²) in [5, 5.41) is 0. The lowest BCUT2D eigenvalue weighted by Gasteiger charge is -2.07. The summed E-state index contributed by atoms with van der Waals surface area (Å²) in [7, 11) is -1.90. The number of esters is 1. The highest BCUT2D eigenvalue weighted by Gasteiger charge is 2.13. The number of methoxy groups -OCH3 is 1. The number of nitrogens with one attached hydrogen (secondary N) is 1. The minimum absolute atomic E-state index is 0.278. The molecule has 0 amide bonds. The molecule has 0 spiro atoms. The van der Waals surface area contributed by atoms with E-state index in [0.29, 0.717) is 17.0 Å². The molecule has 2 aromatic rings. The summed E-state index contributed by atoms with van der Waals surface area (Å²) in [5.41, 5.74) is 0.921. The number of anilines is 1. The van der Waals surface area contributed by atoms with Crippen LogP contribution in [0.4, 0.5) is 5.69 Å². The van der Waals surface area contributed by atoms with E-state index in [-0.39, 0.29) is 5.56 Å². The van der Waals surface area contributed by atoms with Crippen molar-refractivity contribution >= 4 is 27.5 Å². The lowest BCUT2D eigenvalue weighted by Crippen LogP contribution is -2.14. The first-order chi connectivity index (χ1) is 11.8. The van der Waals surface area contributed by atoms with Crippen LogP contribution < -0.4 is 9.46 Å². The summed E-state index contributed by atoms with van der Waals surface area (Å²) >= 11 is 0. The van der Waals surface area contributed by atoms with Gasteiger partial charge in [-0.05, 0) is 42.5 Å². The standard InChI is InChI=1S/C17H17NO6S/c1-23-15-5-3-4-13(10-15)17(20)24-11-16(19)12-6-8-14(9-7-12)18-25(2,21)22/h3-10,18H,11H2,1-2H3. The average molecular weight is 363 g/mol. The molecule has 0 saturated heterocycles. The number of ether oxygens (including phenoxy) is 2. The Hall–Kier alpha value is -2.87. The second-order valence-electron chi connectivity index (χ2n) is 5.18. The normalized spacial score (nSPS) is 10.8. The lowest BCUT2D eigenvalue weighted by molar-refractivity contribution is 0.0474. The molecule has 0 aliphatic heterocycles. The zero-order valence-electron chi connectivity index (χ0n) is 13.7. The number of carbonyl (C=O) groups excluding carboxylic acids is 2. The minimum atomic E-state index is -3.38. The van der Waals surface area contributed by atoms with Crippen molar-refractivity contribution in [1.29, 1.82) is 0 Å². The monoisotopic (exact) mass is 363 g/mol. The first-order valence-corrected chi connectivity index (χ1v) is 9.10. The van der Waals surface area contributed by atoms with Gasteiger partial charge in [-0.25, -0.2) is 13.2 Å². The van der Waals surface area contributed by atoms with E-state index in [1.807, 2.05) is 0 Å². The van der Waals surface area contributed by atoms with Gasteiger partial charge >= 0.3 is 5.97 Å². The number of carbonyl (C=O) groups is 2. The van der Waals surface area contributed by atoms with Crippen LogP contribution in [0.25, 0.3) is 0 Å². The molecule has 0 aliphatic carbocycles. The maximum Gasteiger partial charge on any atom is 0.338 e. The maximum atomic E-state index is 12.1. The summed E-state index contributed by atoms with van der Waals surface area (Å²) in [6.07, 6.45) is 1.03. The highest BCUT2D eigenvalue weighted by atomic mass is 32.2. The molecule has 0 saturated carbocycles. The van der Waals surface area contributed by atoms with Gasteiger partial charge in [-0.1, -0.05) is 6.07 Å². The smallest absolute Gasteiger partial charge is 0.338 e. The van der Waals surface area contributed by atoms with Crippen LogP contribution in [-0.2, 0) is 14.8 Å². The van der Waals surface area contributed by atoms with Crippen molar-refractivity contribution in [2.75, 3.05) is 24.7 Å². The molecule has 1 N–H and O–H groups in total. The Balaban J connectivity index is 1.96. The summed E-state index contributed by atoms with van der Waals surface area (Å²) in [6, 6.07) is 12.2. The second kappa shape index (κ2) is 7.80. The van der Waals surface area contributed by atoms with Crippen LogP contribution in [0.2, 0.25) is 0 Å². The third kappa shape index (κ3) is 5.61. The van der Waals surface area contributed by atoms with Gasteiger partial charge in [0.25, 0.3) is 0 Å². The molecule has 0 fully saturated rings. The van der Waals surface area contributed by atoms with E-state index in [1.54, 1.807) is 18.2 Å². The second-order valence-corrected chi connectivity index (χ2v) is 6.93. The minimum Gasteiger partial charge on any atom is -0.497 e. The fourth-order valence-electron chi connectivity index (χ4n) is 1.99. The van der Waals surface area contributed by atoms with Crippen molar-refractivity contribution < 1.29 is 27.5 Å². The van der Waals surface area contributed by atoms with Crippen LogP contribution in [0.15, 0.2) is 48.5 Å². The third-order valence-electron chi connectivity index (χ3n) is 3.15. The van der Waals surface area contributed by atoms with Gasteiger partial charge in [0.1, 0.15) is 5.75 Å². The van der Waals surface area contributed by atoms with Gasteiger partial charge in [-0.3, -0.25) is 9.52 Å². The summed E-state index contributed by atoms with van der Waals surface area (Å²) in [5.74, 6) is -0.528. The fourth-order valence-corrected chi connectivity index (χ4v) is 2.55. The molecule has 0 unspecified atom stereocenters. The largest absolute Gasteiger partial charge is 0.497 e. The highest BCUT2D eigenvalue weighted by molar-refractivity contribution is 7.92. The Bertz CT molecular complexity index is 874. The Kier molecular flexibility index (Phi) is 5.76.